The largest absolute Gasteiger partial charge is 0.494 e. The third-order valence-electron chi connectivity index (χ3n) is 3.12. The molecule has 0 radical (unpaired) electrons. The van der Waals surface area contributed by atoms with Crippen molar-refractivity contribution in [1.29, 1.82) is 0 Å². The van der Waals surface area contributed by atoms with Gasteiger partial charge in [0.05, 0.1) is 18.0 Å². The quantitative estimate of drug-likeness (QED) is 0.785. The lowest BCUT2D eigenvalue weighted by atomic mass is 10.2. The van der Waals surface area contributed by atoms with Crippen LogP contribution in [0.5, 0.6) is 5.75 Å². The highest BCUT2D eigenvalue weighted by molar-refractivity contribution is 7.89. The van der Waals surface area contributed by atoms with E-state index >= 15 is 0 Å². The van der Waals surface area contributed by atoms with Crippen molar-refractivity contribution in [2.75, 3.05) is 26.2 Å². The zero-order valence-corrected chi connectivity index (χ0v) is 14.4. The Bertz CT molecular complexity index is 614. The molecule has 7 heteroatoms. The fraction of sp³-hybridized carbons (Fsp3) is 0.533. The molecule has 1 amide bonds. The SMILES string of the molecule is CCNC(=O)CN(CC)S(=O)(=O)c1ccc(OCC)cc1C. The summed E-state index contributed by atoms with van der Waals surface area (Å²) in [6.45, 7) is 8.12. The van der Waals surface area contributed by atoms with E-state index in [0.29, 0.717) is 24.5 Å². The van der Waals surface area contributed by atoms with Crippen molar-refractivity contribution >= 4 is 15.9 Å². The third kappa shape index (κ3) is 4.45. The van der Waals surface area contributed by atoms with Crippen molar-refractivity contribution in [1.82, 2.24) is 9.62 Å². The van der Waals surface area contributed by atoms with Gasteiger partial charge in [-0.15, -0.1) is 0 Å². The van der Waals surface area contributed by atoms with Crippen LogP contribution in [0.4, 0.5) is 0 Å². The number of benzene rings is 1. The van der Waals surface area contributed by atoms with E-state index in [1.807, 2.05) is 6.92 Å². The van der Waals surface area contributed by atoms with Gasteiger partial charge >= 0.3 is 0 Å². The van der Waals surface area contributed by atoms with Crippen LogP contribution in [-0.2, 0) is 14.8 Å². The molecular formula is C15H24N2O4S. The average Bonchev–Trinajstić information content (AvgIpc) is 2.45. The van der Waals surface area contributed by atoms with E-state index in [9.17, 15) is 13.2 Å². The summed E-state index contributed by atoms with van der Waals surface area (Å²) in [7, 11) is -3.71. The van der Waals surface area contributed by atoms with Gasteiger partial charge in [-0.25, -0.2) is 8.42 Å². The first-order chi connectivity index (χ1) is 10.4. The molecule has 0 saturated carbocycles. The maximum absolute atomic E-state index is 12.7. The number of nitrogens with zero attached hydrogens (tertiary/aromatic N) is 1. The van der Waals surface area contributed by atoms with Gasteiger partial charge in [-0.2, -0.15) is 4.31 Å². The maximum Gasteiger partial charge on any atom is 0.243 e. The fourth-order valence-electron chi connectivity index (χ4n) is 2.09. The second-order valence-corrected chi connectivity index (χ2v) is 6.65. The van der Waals surface area contributed by atoms with Crippen molar-refractivity contribution < 1.29 is 17.9 Å². The maximum atomic E-state index is 12.7. The van der Waals surface area contributed by atoms with Crippen LogP contribution in [0, 0.1) is 6.92 Å². The molecule has 124 valence electrons. The van der Waals surface area contributed by atoms with Crippen LogP contribution < -0.4 is 10.1 Å². The van der Waals surface area contributed by atoms with Crippen molar-refractivity contribution in [3.63, 3.8) is 0 Å². The predicted octanol–water partition coefficient (Wildman–Crippen LogP) is 1.54. The first-order valence-electron chi connectivity index (χ1n) is 7.37. The Labute approximate surface area is 132 Å². The minimum atomic E-state index is -3.71. The van der Waals surface area contributed by atoms with Gasteiger partial charge in [0.15, 0.2) is 0 Å². The lowest BCUT2D eigenvalue weighted by Crippen LogP contribution is -2.40. The van der Waals surface area contributed by atoms with Crippen LogP contribution in [0.15, 0.2) is 23.1 Å². The number of carbonyl (C=O) groups is 1. The molecule has 0 heterocycles. The van der Waals surface area contributed by atoms with Crippen molar-refractivity contribution in [2.24, 2.45) is 0 Å². The number of carbonyl (C=O) groups excluding carboxylic acids is 1. The molecule has 0 aliphatic carbocycles. The molecule has 22 heavy (non-hydrogen) atoms. The highest BCUT2D eigenvalue weighted by atomic mass is 32.2. The zero-order valence-electron chi connectivity index (χ0n) is 13.5. The molecule has 0 aromatic heterocycles. The average molecular weight is 328 g/mol. The Morgan fingerprint density at radius 3 is 2.45 bits per heavy atom. The van der Waals surface area contributed by atoms with Gasteiger partial charge in [0, 0.05) is 13.1 Å². The van der Waals surface area contributed by atoms with Crippen molar-refractivity contribution in [3.8, 4) is 5.75 Å². The molecule has 0 aliphatic heterocycles. The highest BCUT2D eigenvalue weighted by Crippen LogP contribution is 2.24. The van der Waals surface area contributed by atoms with Crippen LogP contribution in [0.2, 0.25) is 0 Å². The zero-order chi connectivity index (χ0) is 16.8. The molecule has 0 fully saturated rings. The smallest absolute Gasteiger partial charge is 0.243 e. The molecule has 0 aliphatic rings. The molecule has 0 saturated heterocycles. The Balaban J connectivity index is 3.08. The van der Waals surface area contributed by atoms with Crippen LogP contribution >= 0.6 is 0 Å². The van der Waals surface area contributed by atoms with E-state index in [2.05, 4.69) is 5.32 Å². The molecule has 1 rings (SSSR count). The van der Waals surface area contributed by atoms with E-state index in [-0.39, 0.29) is 23.9 Å². The Morgan fingerprint density at radius 2 is 1.95 bits per heavy atom. The molecule has 0 unspecified atom stereocenters. The van der Waals surface area contributed by atoms with E-state index in [1.165, 1.54) is 10.4 Å². The van der Waals surface area contributed by atoms with Gasteiger partial charge in [-0.3, -0.25) is 4.79 Å². The topological polar surface area (TPSA) is 75.7 Å². The normalized spacial score (nSPS) is 11.5. The Kier molecular flexibility index (Phi) is 6.83. The number of likely N-dealkylation sites (N-methyl/N-ethyl adjacent to an activating group) is 2. The number of aryl methyl sites for hydroxylation is 1. The van der Waals surface area contributed by atoms with Crippen molar-refractivity contribution in [2.45, 2.75) is 32.6 Å². The molecule has 6 nitrogen and oxygen atoms in total. The molecule has 0 bridgehead atoms. The number of hydrogen-bond donors (Lipinski definition) is 1. The molecule has 0 atom stereocenters. The minimum Gasteiger partial charge on any atom is -0.494 e. The van der Waals surface area contributed by atoms with Crippen LogP contribution in [0.3, 0.4) is 0 Å². The predicted molar refractivity (Wildman–Crippen MR) is 85.5 cm³/mol. The summed E-state index contributed by atoms with van der Waals surface area (Å²) in [6.07, 6.45) is 0. The number of hydrogen-bond acceptors (Lipinski definition) is 4. The number of nitrogens with one attached hydrogen (secondary N) is 1. The molecule has 0 spiro atoms. The lowest BCUT2D eigenvalue weighted by Gasteiger charge is -2.21. The van der Waals surface area contributed by atoms with Crippen molar-refractivity contribution in [3.05, 3.63) is 23.8 Å². The second kappa shape index (κ2) is 8.14. The fourth-order valence-corrected chi connectivity index (χ4v) is 3.70. The van der Waals surface area contributed by atoms with E-state index in [0.717, 1.165) is 0 Å². The minimum absolute atomic E-state index is 0.181. The van der Waals surface area contributed by atoms with Crippen LogP contribution in [-0.4, -0.2) is 44.9 Å². The van der Waals surface area contributed by atoms with Gasteiger partial charge in [0.25, 0.3) is 0 Å². The van der Waals surface area contributed by atoms with E-state index in [4.69, 9.17) is 4.74 Å². The Hall–Kier alpha value is -1.60. The summed E-state index contributed by atoms with van der Waals surface area (Å²) in [4.78, 5) is 11.9. The molecule has 1 aromatic carbocycles. The Morgan fingerprint density at radius 1 is 1.27 bits per heavy atom. The van der Waals surface area contributed by atoms with E-state index < -0.39 is 10.0 Å². The van der Waals surface area contributed by atoms with Gasteiger partial charge in [-0.1, -0.05) is 6.92 Å². The van der Waals surface area contributed by atoms with Gasteiger partial charge < -0.3 is 10.1 Å². The number of ether oxygens (including phenoxy) is 1. The molecular weight excluding hydrogens is 304 g/mol. The monoisotopic (exact) mass is 328 g/mol. The molecule has 1 aromatic rings. The summed E-state index contributed by atoms with van der Waals surface area (Å²) in [5, 5.41) is 2.61. The first kappa shape index (κ1) is 18.4. The highest BCUT2D eigenvalue weighted by Gasteiger charge is 2.26. The van der Waals surface area contributed by atoms with Crippen LogP contribution in [0.1, 0.15) is 26.3 Å². The summed E-state index contributed by atoms with van der Waals surface area (Å²) < 4.78 is 31.9. The summed E-state index contributed by atoms with van der Waals surface area (Å²) in [5.74, 6) is 0.322. The summed E-state index contributed by atoms with van der Waals surface area (Å²) in [6, 6.07) is 4.84. The van der Waals surface area contributed by atoms with Crippen LogP contribution in [0.25, 0.3) is 0 Å². The van der Waals surface area contributed by atoms with Gasteiger partial charge in [0.1, 0.15) is 5.75 Å². The molecule has 1 N–H and O–H groups in total. The van der Waals surface area contributed by atoms with E-state index in [1.54, 1.807) is 32.9 Å². The lowest BCUT2D eigenvalue weighted by molar-refractivity contribution is -0.121. The third-order valence-corrected chi connectivity index (χ3v) is 5.20. The second-order valence-electron chi connectivity index (χ2n) is 4.75. The summed E-state index contributed by atoms with van der Waals surface area (Å²) in [5.41, 5.74) is 0.597. The standard InChI is InChI=1S/C15H24N2O4S/c1-5-16-15(18)11-17(6-2)22(19,20)14-9-8-13(21-7-3)10-12(14)4/h8-10H,5-7,11H2,1-4H3,(H,16,18). The first-order valence-corrected chi connectivity index (χ1v) is 8.81. The van der Waals surface area contributed by atoms with Gasteiger partial charge in [-0.05, 0) is 44.5 Å². The number of rotatable bonds is 8. The number of sulfonamides is 1. The number of amides is 1. The van der Waals surface area contributed by atoms with Gasteiger partial charge in [0.2, 0.25) is 15.9 Å². The summed E-state index contributed by atoms with van der Waals surface area (Å²) >= 11 is 0.